The summed E-state index contributed by atoms with van der Waals surface area (Å²) in [4.78, 5) is 12.2. The van der Waals surface area contributed by atoms with Gasteiger partial charge in [0.05, 0.1) is 11.4 Å². The number of carbonyl (C=O) groups excluding carboxylic acids is 1. The van der Waals surface area contributed by atoms with Crippen LogP contribution in [0.25, 0.3) is 5.69 Å². The summed E-state index contributed by atoms with van der Waals surface area (Å²) >= 11 is 7.53. The van der Waals surface area contributed by atoms with Crippen molar-refractivity contribution in [1.82, 2.24) is 14.8 Å². The van der Waals surface area contributed by atoms with Crippen molar-refractivity contribution in [1.29, 1.82) is 0 Å². The topological polar surface area (TPSA) is 47.8 Å². The van der Waals surface area contributed by atoms with Crippen LogP contribution in [-0.4, -0.2) is 26.3 Å². The first-order chi connectivity index (χ1) is 11.1. The van der Waals surface area contributed by atoms with Gasteiger partial charge in [-0.3, -0.25) is 9.36 Å². The fourth-order valence-corrected chi connectivity index (χ4v) is 3.07. The standard InChI is InChI=1S/C17H14ClN3OS/c1-12-7-8-14(9-15(12)18)21-11-19-20-17(21)23-10-16(22)13-5-3-2-4-6-13/h2-9,11H,10H2,1H3. The van der Waals surface area contributed by atoms with E-state index in [9.17, 15) is 4.79 Å². The zero-order chi connectivity index (χ0) is 16.2. The Morgan fingerprint density at radius 2 is 2.00 bits per heavy atom. The second-order valence-electron chi connectivity index (χ2n) is 4.99. The summed E-state index contributed by atoms with van der Waals surface area (Å²) in [5.41, 5.74) is 2.58. The van der Waals surface area contributed by atoms with Crippen molar-refractivity contribution in [3.63, 3.8) is 0 Å². The van der Waals surface area contributed by atoms with E-state index in [1.165, 1.54) is 11.8 Å². The molecule has 0 unspecified atom stereocenters. The van der Waals surface area contributed by atoms with Gasteiger partial charge in [0.1, 0.15) is 6.33 Å². The lowest BCUT2D eigenvalue weighted by molar-refractivity contribution is 0.102. The maximum Gasteiger partial charge on any atom is 0.196 e. The molecule has 116 valence electrons. The van der Waals surface area contributed by atoms with E-state index in [0.29, 0.717) is 21.5 Å². The number of Topliss-reactive ketones (excluding diaryl/α,β-unsaturated/α-hetero) is 1. The molecule has 0 amide bonds. The largest absolute Gasteiger partial charge is 0.293 e. The SMILES string of the molecule is Cc1ccc(-n2cnnc2SCC(=O)c2ccccc2)cc1Cl. The molecular formula is C17H14ClN3OS. The highest BCUT2D eigenvalue weighted by molar-refractivity contribution is 7.99. The molecule has 3 rings (SSSR count). The van der Waals surface area contributed by atoms with Gasteiger partial charge in [-0.15, -0.1) is 10.2 Å². The minimum absolute atomic E-state index is 0.0621. The average molecular weight is 344 g/mol. The molecule has 1 aromatic heterocycles. The van der Waals surface area contributed by atoms with Crippen LogP contribution in [0.3, 0.4) is 0 Å². The molecule has 2 aromatic carbocycles. The third-order valence-corrected chi connectivity index (χ3v) is 4.73. The molecule has 4 nitrogen and oxygen atoms in total. The molecule has 23 heavy (non-hydrogen) atoms. The van der Waals surface area contributed by atoms with Gasteiger partial charge in [-0.05, 0) is 24.6 Å². The summed E-state index contributed by atoms with van der Waals surface area (Å²) < 4.78 is 1.83. The minimum Gasteiger partial charge on any atom is -0.293 e. The molecular weight excluding hydrogens is 330 g/mol. The highest BCUT2D eigenvalue weighted by Gasteiger charge is 2.12. The van der Waals surface area contributed by atoms with E-state index in [4.69, 9.17) is 11.6 Å². The Balaban J connectivity index is 1.76. The van der Waals surface area contributed by atoms with Crippen LogP contribution >= 0.6 is 23.4 Å². The molecule has 0 bridgehead atoms. The molecule has 1 heterocycles. The highest BCUT2D eigenvalue weighted by Crippen LogP contribution is 2.24. The van der Waals surface area contributed by atoms with Gasteiger partial charge in [0.15, 0.2) is 10.9 Å². The number of rotatable bonds is 5. The van der Waals surface area contributed by atoms with Crippen LogP contribution in [0.5, 0.6) is 0 Å². The lowest BCUT2D eigenvalue weighted by Gasteiger charge is -2.07. The number of ketones is 1. The van der Waals surface area contributed by atoms with E-state index in [1.54, 1.807) is 6.33 Å². The van der Waals surface area contributed by atoms with Crippen molar-refractivity contribution in [2.45, 2.75) is 12.1 Å². The third kappa shape index (κ3) is 3.63. The van der Waals surface area contributed by atoms with Crippen molar-refractivity contribution < 1.29 is 4.79 Å². The third-order valence-electron chi connectivity index (χ3n) is 3.38. The summed E-state index contributed by atoms with van der Waals surface area (Å²) in [5.74, 6) is 0.370. The summed E-state index contributed by atoms with van der Waals surface area (Å²) in [6.45, 7) is 1.95. The molecule has 3 aromatic rings. The molecule has 0 saturated heterocycles. The minimum atomic E-state index is 0.0621. The maximum atomic E-state index is 12.2. The van der Waals surface area contributed by atoms with Crippen molar-refractivity contribution in [2.75, 3.05) is 5.75 Å². The van der Waals surface area contributed by atoms with Crippen molar-refractivity contribution in [3.05, 3.63) is 71.0 Å². The summed E-state index contributed by atoms with van der Waals surface area (Å²) in [5, 5.41) is 9.38. The van der Waals surface area contributed by atoms with Gasteiger partial charge in [-0.25, -0.2) is 0 Å². The number of hydrogen-bond acceptors (Lipinski definition) is 4. The van der Waals surface area contributed by atoms with Gasteiger partial charge in [-0.2, -0.15) is 0 Å². The molecule has 0 atom stereocenters. The van der Waals surface area contributed by atoms with Crippen molar-refractivity contribution in [2.24, 2.45) is 0 Å². The van der Waals surface area contributed by atoms with Crippen LogP contribution in [-0.2, 0) is 0 Å². The summed E-state index contributed by atoms with van der Waals surface area (Å²) in [6.07, 6.45) is 1.62. The van der Waals surface area contributed by atoms with Gasteiger partial charge in [-0.1, -0.05) is 59.8 Å². The lowest BCUT2D eigenvalue weighted by atomic mass is 10.2. The molecule has 0 saturated carbocycles. The predicted molar refractivity (Wildman–Crippen MR) is 92.6 cm³/mol. The number of aryl methyl sites for hydroxylation is 1. The zero-order valence-electron chi connectivity index (χ0n) is 12.4. The van der Waals surface area contributed by atoms with E-state index < -0.39 is 0 Å². The zero-order valence-corrected chi connectivity index (χ0v) is 14.0. The first kappa shape index (κ1) is 15.8. The molecule has 0 N–H and O–H groups in total. The summed E-state index contributed by atoms with van der Waals surface area (Å²) in [6, 6.07) is 15.0. The van der Waals surface area contributed by atoms with E-state index in [1.807, 2.05) is 60.0 Å². The fraction of sp³-hybridized carbons (Fsp3) is 0.118. The molecule has 0 spiro atoms. The molecule has 0 fully saturated rings. The van der Waals surface area contributed by atoms with E-state index in [0.717, 1.165) is 11.3 Å². The number of carbonyl (C=O) groups is 1. The van der Waals surface area contributed by atoms with Crippen LogP contribution in [0.4, 0.5) is 0 Å². The van der Waals surface area contributed by atoms with E-state index in [2.05, 4.69) is 10.2 Å². The Morgan fingerprint density at radius 1 is 1.22 bits per heavy atom. The smallest absolute Gasteiger partial charge is 0.196 e. The van der Waals surface area contributed by atoms with Crippen LogP contribution < -0.4 is 0 Å². The number of halogens is 1. The number of thioether (sulfide) groups is 1. The molecule has 0 aliphatic heterocycles. The quantitative estimate of drug-likeness (QED) is 0.514. The maximum absolute atomic E-state index is 12.2. The van der Waals surface area contributed by atoms with Gasteiger partial charge < -0.3 is 0 Å². The normalized spacial score (nSPS) is 10.7. The van der Waals surface area contributed by atoms with E-state index in [-0.39, 0.29) is 5.78 Å². The second kappa shape index (κ2) is 6.98. The molecule has 0 aliphatic rings. The monoisotopic (exact) mass is 343 g/mol. The van der Waals surface area contributed by atoms with Gasteiger partial charge >= 0.3 is 0 Å². The molecule has 0 aliphatic carbocycles. The Bertz CT molecular complexity index is 833. The number of nitrogens with zero attached hydrogens (tertiary/aromatic N) is 3. The van der Waals surface area contributed by atoms with Crippen molar-refractivity contribution in [3.8, 4) is 5.69 Å². The number of benzene rings is 2. The average Bonchev–Trinajstić information content (AvgIpc) is 3.04. The Hall–Kier alpha value is -2.11. The predicted octanol–water partition coefficient (Wildman–Crippen LogP) is 4.20. The van der Waals surface area contributed by atoms with Crippen LogP contribution in [0.1, 0.15) is 15.9 Å². The van der Waals surface area contributed by atoms with Crippen LogP contribution in [0.2, 0.25) is 5.02 Å². The second-order valence-corrected chi connectivity index (χ2v) is 6.34. The van der Waals surface area contributed by atoms with Gasteiger partial charge in [0, 0.05) is 10.6 Å². The van der Waals surface area contributed by atoms with Crippen LogP contribution in [0, 0.1) is 6.92 Å². The Kier molecular flexibility index (Phi) is 4.79. The van der Waals surface area contributed by atoms with Crippen LogP contribution in [0.15, 0.2) is 60.0 Å². The Morgan fingerprint density at radius 3 is 2.74 bits per heavy atom. The number of aromatic nitrogens is 3. The van der Waals surface area contributed by atoms with E-state index >= 15 is 0 Å². The first-order valence-corrected chi connectivity index (χ1v) is 8.39. The van der Waals surface area contributed by atoms with Crippen molar-refractivity contribution >= 4 is 29.1 Å². The van der Waals surface area contributed by atoms with Gasteiger partial charge in [0.25, 0.3) is 0 Å². The molecule has 0 radical (unpaired) electrons. The lowest BCUT2D eigenvalue weighted by Crippen LogP contribution is -2.04. The number of hydrogen-bond donors (Lipinski definition) is 0. The molecule has 6 heteroatoms. The first-order valence-electron chi connectivity index (χ1n) is 7.03. The van der Waals surface area contributed by atoms with Gasteiger partial charge in [0.2, 0.25) is 0 Å². The Labute approximate surface area is 143 Å². The fourth-order valence-electron chi connectivity index (χ4n) is 2.07. The summed E-state index contributed by atoms with van der Waals surface area (Å²) in [7, 11) is 0. The highest BCUT2D eigenvalue weighted by atomic mass is 35.5.